The van der Waals surface area contributed by atoms with E-state index < -0.39 is 0 Å². The van der Waals surface area contributed by atoms with Crippen molar-refractivity contribution in [3.8, 4) is 0 Å². The second-order valence-electron chi connectivity index (χ2n) is 5.04. The topological polar surface area (TPSA) is 59.1 Å². The molecule has 1 aromatic heterocycles. The van der Waals surface area contributed by atoms with Gasteiger partial charge < -0.3 is 15.4 Å². The lowest BCUT2D eigenvalue weighted by molar-refractivity contribution is 0.128. The first-order chi connectivity index (χ1) is 9.50. The van der Waals surface area contributed by atoms with Gasteiger partial charge in [0.2, 0.25) is 0 Å². The van der Waals surface area contributed by atoms with Crippen LogP contribution in [0.1, 0.15) is 33.5 Å². The van der Waals surface area contributed by atoms with Crippen LogP contribution in [0.25, 0.3) is 0 Å². The van der Waals surface area contributed by atoms with Crippen molar-refractivity contribution in [3.63, 3.8) is 0 Å². The van der Waals surface area contributed by atoms with E-state index in [2.05, 4.69) is 40.7 Å². The fourth-order valence-electron chi connectivity index (χ4n) is 1.49. The van der Waals surface area contributed by atoms with Gasteiger partial charge in [-0.25, -0.2) is 9.97 Å². The number of anilines is 2. The Kier molecular flexibility index (Phi) is 7.09. The Balaban J connectivity index is 2.79. The van der Waals surface area contributed by atoms with E-state index in [1.807, 2.05) is 31.7 Å². The minimum absolute atomic E-state index is 0.170. The molecular weight excluding hydrogens is 272 g/mol. The van der Waals surface area contributed by atoms with Crippen LogP contribution < -0.4 is 10.6 Å². The number of thioether (sulfide) groups is 1. The van der Waals surface area contributed by atoms with Crippen molar-refractivity contribution < 1.29 is 4.74 Å². The number of hydrogen-bond acceptors (Lipinski definition) is 6. The maximum atomic E-state index is 5.39. The molecule has 0 aliphatic carbocycles. The van der Waals surface area contributed by atoms with E-state index in [9.17, 15) is 0 Å². The van der Waals surface area contributed by atoms with Crippen LogP contribution in [-0.2, 0) is 11.3 Å². The van der Waals surface area contributed by atoms with Crippen LogP contribution in [0.15, 0.2) is 6.07 Å². The van der Waals surface area contributed by atoms with E-state index in [1.165, 1.54) is 0 Å². The first-order valence-electron chi connectivity index (χ1n) is 6.99. The van der Waals surface area contributed by atoms with Crippen molar-refractivity contribution in [2.45, 2.75) is 39.0 Å². The molecule has 0 fully saturated rings. The summed E-state index contributed by atoms with van der Waals surface area (Å²) in [6, 6.07) is 1.94. The van der Waals surface area contributed by atoms with Crippen LogP contribution in [0.5, 0.6) is 0 Å². The van der Waals surface area contributed by atoms with Crippen LogP contribution in [0, 0.1) is 0 Å². The molecule has 6 heteroatoms. The second-order valence-corrected chi connectivity index (χ2v) is 6.55. The van der Waals surface area contributed by atoms with Crippen molar-refractivity contribution >= 4 is 23.4 Å². The van der Waals surface area contributed by atoms with Crippen LogP contribution in [0.4, 0.5) is 11.6 Å². The van der Waals surface area contributed by atoms with Gasteiger partial charge in [0.25, 0.3) is 0 Å². The molecule has 0 unspecified atom stereocenters. The molecular formula is C14H26N4OS. The highest BCUT2D eigenvalue weighted by Crippen LogP contribution is 2.22. The number of ether oxygens (including phenoxy) is 1. The molecule has 0 spiro atoms. The molecule has 5 nitrogen and oxygen atoms in total. The van der Waals surface area contributed by atoms with E-state index in [-0.39, 0.29) is 4.75 Å². The highest BCUT2D eigenvalue weighted by Gasteiger charge is 2.16. The van der Waals surface area contributed by atoms with Gasteiger partial charge >= 0.3 is 0 Å². The molecule has 0 aliphatic rings. The highest BCUT2D eigenvalue weighted by atomic mass is 32.2. The number of nitrogens with one attached hydrogen (secondary N) is 2. The Bertz CT molecular complexity index is 412. The Labute approximate surface area is 126 Å². The zero-order valence-corrected chi connectivity index (χ0v) is 13.9. The smallest absolute Gasteiger partial charge is 0.158 e. The van der Waals surface area contributed by atoms with Gasteiger partial charge in [0.05, 0.1) is 0 Å². The SMILES string of the molecule is CCNc1cc(NCC(C)(C)SC)nc(COCC)n1. The second kappa shape index (κ2) is 8.32. The van der Waals surface area contributed by atoms with Gasteiger partial charge in [-0.15, -0.1) is 0 Å². The molecule has 2 N–H and O–H groups in total. The molecule has 0 saturated heterocycles. The van der Waals surface area contributed by atoms with Crippen LogP contribution in [-0.4, -0.2) is 40.7 Å². The quantitative estimate of drug-likeness (QED) is 0.731. The predicted molar refractivity (Wildman–Crippen MR) is 87.6 cm³/mol. The van der Waals surface area contributed by atoms with E-state index >= 15 is 0 Å². The third kappa shape index (κ3) is 5.96. The Morgan fingerprint density at radius 1 is 1.20 bits per heavy atom. The first kappa shape index (κ1) is 17.0. The maximum absolute atomic E-state index is 5.39. The van der Waals surface area contributed by atoms with E-state index in [1.54, 1.807) is 0 Å². The monoisotopic (exact) mass is 298 g/mol. The number of nitrogens with zero attached hydrogens (tertiary/aromatic N) is 2. The van der Waals surface area contributed by atoms with Crippen LogP contribution in [0.3, 0.4) is 0 Å². The molecule has 0 radical (unpaired) electrons. The van der Waals surface area contributed by atoms with Gasteiger partial charge in [-0.2, -0.15) is 11.8 Å². The molecule has 0 bridgehead atoms. The van der Waals surface area contributed by atoms with E-state index in [0.717, 1.165) is 24.7 Å². The molecule has 0 saturated carbocycles. The van der Waals surface area contributed by atoms with Crippen molar-refractivity contribution in [3.05, 3.63) is 11.9 Å². The first-order valence-corrected chi connectivity index (χ1v) is 8.21. The van der Waals surface area contributed by atoms with Crippen molar-refractivity contribution in [2.24, 2.45) is 0 Å². The van der Waals surface area contributed by atoms with Gasteiger partial charge in [0, 0.05) is 30.5 Å². The molecule has 0 aromatic carbocycles. The summed E-state index contributed by atoms with van der Waals surface area (Å²) in [5.41, 5.74) is 0. The van der Waals surface area contributed by atoms with Crippen LogP contribution >= 0.6 is 11.8 Å². The molecule has 0 amide bonds. The van der Waals surface area contributed by atoms with Gasteiger partial charge in [-0.3, -0.25) is 0 Å². The van der Waals surface area contributed by atoms with E-state index in [4.69, 9.17) is 4.74 Å². The standard InChI is InChI=1S/C14H26N4OS/c1-6-15-11-8-12(16-10-14(3,4)20-5)18-13(17-11)9-19-7-2/h8H,6-7,9-10H2,1-5H3,(H2,15,16,17,18). The Morgan fingerprint density at radius 2 is 1.85 bits per heavy atom. The molecule has 1 aromatic rings. The van der Waals surface area contributed by atoms with Gasteiger partial charge in [-0.1, -0.05) is 0 Å². The summed E-state index contributed by atoms with van der Waals surface area (Å²) < 4.78 is 5.56. The minimum Gasteiger partial charge on any atom is -0.374 e. The Morgan fingerprint density at radius 3 is 2.40 bits per heavy atom. The lowest BCUT2D eigenvalue weighted by Crippen LogP contribution is -2.26. The zero-order valence-electron chi connectivity index (χ0n) is 13.1. The average Bonchev–Trinajstić information content (AvgIpc) is 2.43. The lowest BCUT2D eigenvalue weighted by atomic mass is 10.2. The number of aromatic nitrogens is 2. The van der Waals surface area contributed by atoms with Crippen LogP contribution in [0.2, 0.25) is 0 Å². The summed E-state index contributed by atoms with van der Waals surface area (Å²) in [6.45, 7) is 11.2. The van der Waals surface area contributed by atoms with Gasteiger partial charge in [-0.05, 0) is 34.0 Å². The van der Waals surface area contributed by atoms with Gasteiger partial charge in [0.1, 0.15) is 18.2 Å². The molecule has 0 aliphatic heterocycles. The maximum Gasteiger partial charge on any atom is 0.158 e. The third-order valence-corrected chi connectivity index (χ3v) is 4.06. The summed E-state index contributed by atoms with van der Waals surface area (Å²) in [4.78, 5) is 8.93. The van der Waals surface area contributed by atoms with E-state index in [0.29, 0.717) is 19.0 Å². The van der Waals surface area contributed by atoms with Gasteiger partial charge in [0.15, 0.2) is 5.82 Å². The third-order valence-electron chi connectivity index (χ3n) is 2.81. The molecule has 0 atom stereocenters. The fraction of sp³-hybridized carbons (Fsp3) is 0.714. The summed E-state index contributed by atoms with van der Waals surface area (Å²) in [5.74, 6) is 2.38. The molecule has 114 valence electrons. The molecule has 1 rings (SSSR count). The minimum atomic E-state index is 0.170. The van der Waals surface area contributed by atoms with Crippen molar-refractivity contribution in [1.82, 2.24) is 9.97 Å². The Hall–Kier alpha value is -1.01. The molecule has 1 heterocycles. The van der Waals surface area contributed by atoms with Crippen molar-refractivity contribution in [2.75, 3.05) is 36.6 Å². The number of hydrogen-bond donors (Lipinski definition) is 2. The normalized spacial score (nSPS) is 11.4. The highest BCUT2D eigenvalue weighted by molar-refractivity contribution is 7.99. The summed E-state index contributed by atoms with van der Waals surface area (Å²) in [7, 11) is 0. The largest absolute Gasteiger partial charge is 0.374 e. The lowest BCUT2D eigenvalue weighted by Gasteiger charge is -2.22. The zero-order chi connectivity index (χ0) is 15.0. The number of rotatable bonds is 9. The summed E-state index contributed by atoms with van der Waals surface area (Å²) in [6.07, 6.45) is 2.12. The molecule has 20 heavy (non-hydrogen) atoms. The predicted octanol–water partition coefficient (Wildman–Crippen LogP) is 3.00. The fourth-order valence-corrected chi connectivity index (χ4v) is 1.71. The summed E-state index contributed by atoms with van der Waals surface area (Å²) >= 11 is 1.83. The van der Waals surface area contributed by atoms with Crippen molar-refractivity contribution in [1.29, 1.82) is 0 Å². The average molecular weight is 298 g/mol. The summed E-state index contributed by atoms with van der Waals surface area (Å²) in [5, 5.41) is 6.61.